The Morgan fingerprint density at radius 1 is 1.23 bits per heavy atom. The van der Waals surface area contributed by atoms with Gasteiger partial charge < -0.3 is 4.57 Å². The van der Waals surface area contributed by atoms with Crippen LogP contribution in [0.1, 0.15) is 13.3 Å². The minimum Gasteiger partial charge on any atom is -0.312 e. The average molecular weight is 449 g/mol. The summed E-state index contributed by atoms with van der Waals surface area (Å²) in [4.78, 5) is 25.8. The summed E-state index contributed by atoms with van der Waals surface area (Å²) in [7, 11) is -3.94. The van der Waals surface area contributed by atoms with Crippen molar-refractivity contribution in [3.8, 4) is 16.8 Å². The van der Waals surface area contributed by atoms with Gasteiger partial charge in [-0.05, 0) is 31.0 Å². The van der Waals surface area contributed by atoms with E-state index in [0.29, 0.717) is 11.3 Å². The van der Waals surface area contributed by atoms with Gasteiger partial charge in [0.05, 0.1) is 18.1 Å². The number of rotatable bonds is 7. The van der Waals surface area contributed by atoms with Gasteiger partial charge in [-0.25, -0.2) is 18.3 Å². The summed E-state index contributed by atoms with van der Waals surface area (Å²) in [5.74, 6) is -1.83. The van der Waals surface area contributed by atoms with Crippen molar-refractivity contribution in [2.45, 2.75) is 24.6 Å². The molecule has 3 rings (SSSR count). The minimum atomic E-state index is -3.94. The molecule has 2 heterocycles. The van der Waals surface area contributed by atoms with Gasteiger partial charge in [0.25, 0.3) is 11.5 Å². The molecule has 0 fully saturated rings. The molecule has 0 spiro atoms. The summed E-state index contributed by atoms with van der Waals surface area (Å²) < 4.78 is 37.8. The SMILES string of the molecule is CC(CCn1cc(F)c(-c2ccc(-n3nccn3)cc2)cc1=O)(C(=O)NO)S(C)(=O)=O. The molecular formula is C19H20FN5O5S. The fourth-order valence-corrected chi connectivity index (χ4v) is 3.83. The molecule has 0 bridgehead atoms. The first-order valence-corrected chi connectivity index (χ1v) is 11.0. The molecule has 1 amide bonds. The number of halogens is 1. The average Bonchev–Trinajstić information content (AvgIpc) is 3.27. The third-order valence-corrected chi connectivity index (χ3v) is 7.16. The van der Waals surface area contributed by atoms with E-state index in [-0.39, 0.29) is 18.5 Å². The molecule has 10 nitrogen and oxygen atoms in total. The van der Waals surface area contributed by atoms with Gasteiger partial charge in [0.1, 0.15) is 5.82 Å². The Morgan fingerprint density at radius 2 is 1.84 bits per heavy atom. The molecule has 1 aromatic carbocycles. The first kappa shape index (κ1) is 22.3. The smallest absolute Gasteiger partial charge is 0.264 e. The zero-order chi connectivity index (χ0) is 22.8. The van der Waals surface area contributed by atoms with Crippen LogP contribution in [0.4, 0.5) is 4.39 Å². The number of nitrogens with one attached hydrogen (secondary N) is 1. The number of hydroxylamine groups is 1. The van der Waals surface area contributed by atoms with Crippen molar-refractivity contribution in [1.82, 2.24) is 25.0 Å². The zero-order valence-corrected chi connectivity index (χ0v) is 17.5. The van der Waals surface area contributed by atoms with E-state index in [0.717, 1.165) is 30.0 Å². The molecule has 164 valence electrons. The second-order valence-electron chi connectivity index (χ2n) is 7.13. The Bertz CT molecular complexity index is 1260. The number of amides is 1. The number of carbonyl (C=O) groups is 1. The van der Waals surface area contributed by atoms with Crippen LogP contribution in [0.15, 0.2) is 53.7 Å². The molecule has 0 radical (unpaired) electrons. The van der Waals surface area contributed by atoms with Crippen molar-refractivity contribution >= 4 is 15.7 Å². The molecule has 0 aliphatic carbocycles. The number of carbonyl (C=O) groups excluding carboxylic acids is 1. The van der Waals surface area contributed by atoms with E-state index in [9.17, 15) is 22.4 Å². The van der Waals surface area contributed by atoms with Crippen LogP contribution in [0, 0.1) is 5.82 Å². The van der Waals surface area contributed by atoms with Gasteiger partial charge in [-0.2, -0.15) is 15.0 Å². The molecule has 0 aliphatic heterocycles. The van der Waals surface area contributed by atoms with Gasteiger partial charge in [0.2, 0.25) is 0 Å². The van der Waals surface area contributed by atoms with E-state index in [2.05, 4.69) is 10.2 Å². The highest BCUT2D eigenvalue weighted by atomic mass is 32.2. The highest BCUT2D eigenvalue weighted by Crippen LogP contribution is 2.24. The summed E-state index contributed by atoms with van der Waals surface area (Å²) >= 11 is 0. The van der Waals surface area contributed by atoms with E-state index >= 15 is 0 Å². The Labute approximate surface area is 176 Å². The van der Waals surface area contributed by atoms with Crippen LogP contribution in [-0.4, -0.2) is 50.1 Å². The molecule has 3 aromatic rings. The van der Waals surface area contributed by atoms with Crippen LogP contribution in [-0.2, 0) is 21.2 Å². The van der Waals surface area contributed by atoms with Gasteiger partial charge in [0.15, 0.2) is 14.6 Å². The van der Waals surface area contributed by atoms with Gasteiger partial charge in [-0.15, -0.1) is 0 Å². The monoisotopic (exact) mass is 449 g/mol. The van der Waals surface area contributed by atoms with Gasteiger partial charge in [-0.3, -0.25) is 14.8 Å². The lowest BCUT2D eigenvalue weighted by Gasteiger charge is -2.25. The fourth-order valence-electron chi connectivity index (χ4n) is 2.98. The van der Waals surface area contributed by atoms with E-state index in [1.165, 1.54) is 22.7 Å². The topological polar surface area (TPSA) is 136 Å². The molecule has 2 aromatic heterocycles. The van der Waals surface area contributed by atoms with Crippen molar-refractivity contribution in [1.29, 1.82) is 0 Å². The van der Waals surface area contributed by atoms with Crippen molar-refractivity contribution < 1.29 is 22.8 Å². The first-order chi connectivity index (χ1) is 14.6. The summed E-state index contributed by atoms with van der Waals surface area (Å²) in [6.45, 7) is 0.872. The van der Waals surface area contributed by atoms with Crippen LogP contribution < -0.4 is 11.0 Å². The third kappa shape index (κ3) is 4.39. The lowest BCUT2D eigenvalue weighted by atomic mass is 10.0. The zero-order valence-electron chi connectivity index (χ0n) is 16.7. The lowest BCUT2D eigenvalue weighted by molar-refractivity contribution is -0.131. The highest BCUT2D eigenvalue weighted by molar-refractivity contribution is 7.92. The summed E-state index contributed by atoms with van der Waals surface area (Å²) in [6, 6.07) is 7.68. The predicted octanol–water partition coefficient (Wildman–Crippen LogP) is 0.934. The quantitative estimate of drug-likeness (QED) is 0.405. The van der Waals surface area contributed by atoms with E-state index in [1.54, 1.807) is 24.3 Å². The third-order valence-electron chi connectivity index (χ3n) is 5.14. The molecule has 31 heavy (non-hydrogen) atoms. The normalized spacial score (nSPS) is 13.5. The summed E-state index contributed by atoms with van der Waals surface area (Å²) in [5.41, 5.74) is 1.94. The maximum atomic E-state index is 14.7. The number of aryl methyl sites for hydroxylation is 1. The summed E-state index contributed by atoms with van der Waals surface area (Å²) in [5, 5.41) is 16.9. The standard InChI is InChI=1S/C19H20FN5O5S/c1-19(18(27)23-28,31(2,29)30)7-10-24-12-16(20)15(11-17(24)26)13-3-5-14(6-4-13)25-21-8-9-22-25/h3-6,8-9,11-12,28H,7,10H2,1-2H3,(H,23,27). The van der Waals surface area contributed by atoms with Gasteiger partial charge >= 0.3 is 0 Å². The molecule has 1 atom stereocenters. The number of aromatic nitrogens is 4. The Balaban J connectivity index is 1.87. The van der Waals surface area contributed by atoms with Crippen LogP contribution in [0.3, 0.4) is 0 Å². The molecule has 0 saturated heterocycles. The van der Waals surface area contributed by atoms with Gasteiger partial charge in [0, 0.05) is 30.6 Å². The van der Waals surface area contributed by atoms with E-state index in [1.807, 2.05) is 0 Å². The first-order valence-electron chi connectivity index (χ1n) is 9.08. The van der Waals surface area contributed by atoms with Crippen molar-refractivity contribution in [2.75, 3.05) is 6.26 Å². The number of pyridine rings is 1. The van der Waals surface area contributed by atoms with Crippen molar-refractivity contribution in [3.63, 3.8) is 0 Å². The van der Waals surface area contributed by atoms with E-state index < -0.39 is 31.9 Å². The Kier molecular flexibility index (Phi) is 6.04. The highest BCUT2D eigenvalue weighted by Gasteiger charge is 2.43. The molecule has 0 saturated carbocycles. The maximum absolute atomic E-state index is 14.7. The van der Waals surface area contributed by atoms with E-state index in [4.69, 9.17) is 5.21 Å². The Hall–Kier alpha value is -3.38. The lowest BCUT2D eigenvalue weighted by Crippen LogP contribution is -2.50. The molecule has 1 unspecified atom stereocenters. The number of hydrogen-bond acceptors (Lipinski definition) is 7. The second kappa shape index (κ2) is 8.40. The largest absolute Gasteiger partial charge is 0.312 e. The summed E-state index contributed by atoms with van der Waals surface area (Å²) in [6.07, 6.45) is 4.50. The van der Waals surface area contributed by atoms with Gasteiger partial charge in [-0.1, -0.05) is 12.1 Å². The van der Waals surface area contributed by atoms with Crippen LogP contribution in [0.5, 0.6) is 0 Å². The molecule has 2 N–H and O–H groups in total. The Morgan fingerprint density at radius 3 is 2.39 bits per heavy atom. The molecule has 0 aliphatic rings. The maximum Gasteiger partial charge on any atom is 0.264 e. The van der Waals surface area contributed by atoms with Crippen LogP contribution in [0.25, 0.3) is 16.8 Å². The van der Waals surface area contributed by atoms with Crippen LogP contribution in [0.2, 0.25) is 0 Å². The van der Waals surface area contributed by atoms with Crippen molar-refractivity contribution in [3.05, 3.63) is 65.1 Å². The minimum absolute atomic E-state index is 0.0696. The van der Waals surface area contributed by atoms with Crippen molar-refractivity contribution in [2.24, 2.45) is 0 Å². The second-order valence-corrected chi connectivity index (χ2v) is 9.57. The fraction of sp³-hybridized carbons (Fsp3) is 0.263. The number of nitrogens with zero attached hydrogens (tertiary/aromatic N) is 4. The van der Waals surface area contributed by atoms with Crippen LogP contribution >= 0.6 is 0 Å². The number of benzene rings is 1. The molecule has 12 heteroatoms. The number of sulfone groups is 1. The number of hydrogen-bond donors (Lipinski definition) is 2. The molecular weight excluding hydrogens is 429 g/mol. The predicted molar refractivity (Wildman–Crippen MR) is 109 cm³/mol.